The molecule has 5 heteroatoms. The summed E-state index contributed by atoms with van der Waals surface area (Å²) in [5.41, 5.74) is 5.52. The maximum Gasteiger partial charge on any atom is 0.267 e. The average Bonchev–Trinajstić information content (AvgIpc) is 2.40. The molecule has 0 radical (unpaired) electrons. The van der Waals surface area contributed by atoms with Crippen LogP contribution in [0.15, 0.2) is 18.2 Å². The third-order valence-electron chi connectivity index (χ3n) is 1.94. The monoisotopic (exact) mass is 325 g/mol. The van der Waals surface area contributed by atoms with Gasteiger partial charge in [-0.1, -0.05) is 0 Å². The smallest absolute Gasteiger partial charge is 0.267 e. The van der Waals surface area contributed by atoms with E-state index in [1.165, 1.54) is 11.3 Å². The van der Waals surface area contributed by atoms with Crippen molar-refractivity contribution in [2.75, 3.05) is 5.73 Å². The van der Waals surface area contributed by atoms with Gasteiger partial charge in [-0.3, -0.25) is 0 Å². The van der Waals surface area contributed by atoms with Crippen molar-refractivity contribution in [2.24, 2.45) is 0 Å². The molecule has 14 heavy (non-hydrogen) atoms. The normalized spacial score (nSPS) is 11.4. The Morgan fingerprint density at radius 3 is 2.71 bits per heavy atom. The van der Waals surface area contributed by atoms with Crippen LogP contribution in [0.5, 0.6) is 0 Å². The highest BCUT2D eigenvalue weighted by atomic mass is 127. The van der Waals surface area contributed by atoms with Gasteiger partial charge in [0.15, 0.2) is 0 Å². The number of thiophene rings is 1. The third-order valence-corrected chi connectivity index (χ3v) is 3.62. The van der Waals surface area contributed by atoms with Gasteiger partial charge in [-0.2, -0.15) is 0 Å². The molecule has 0 atom stereocenters. The molecule has 2 N–H and O–H groups in total. The summed E-state index contributed by atoms with van der Waals surface area (Å²) in [4.78, 5) is 0. The lowest BCUT2D eigenvalue weighted by Gasteiger charge is -1.98. The van der Waals surface area contributed by atoms with Crippen LogP contribution in [0.4, 0.5) is 13.8 Å². The molecular weight excluding hydrogens is 319 g/mol. The predicted octanol–water partition coefficient (Wildman–Crippen LogP) is 4.03. The van der Waals surface area contributed by atoms with Crippen molar-refractivity contribution >= 4 is 49.0 Å². The molecule has 1 heterocycles. The van der Waals surface area contributed by atoms with Gasteiger partial charge in [0.1, 0.15) is 0 Å². The average molecular weight is 325 g/mol. The van der Waals surface area contributed by atoms with E-state index in [2.05, 4.69) is 22.6 Å². The molecular formula is C9H6F2INS. The van der Waals surface area contributed by atoms with Crippen LogP contribution in [-0.4, -0.2) is 0 Å². The molecule has 0 fully saturated rings. The Labute approximate surface area is 97.1 Å². The second-order valence-electron chi connectivity index (χ2n) is 2.82. The first-order chi connectivity index (χ1) is 6.59. The van der Waals surface area contributed by atoms with Crippen molar-refractivity contribution in [3.05, 3.63) is 27.3 Å². The molecule has 0 saturated carbocycles. The van der Waals surface area contributed by atoms with Gasteiger partial charge >= 0.3 is 0 Å². The summed E-state index contributed by atoms with van der Waals surface area (Å²) < 4.78 is 27.1. The number of rotatable bonds is 1. The van der Waals surface area contributed by atoms with Crippen LogP contribution >= 0.6 is 33.9 Å². The first-order valence-corrected chi connectivity index (χ1v) is 5.74. The van der Waals surface area contributed by atoms with Gasteiger partial charge in [-0.25, -0.2) is 8.78 Å². The second kappa shape index (κ2) is 3.62. The molecule has 1 aromatic heterocycles. The number of nitrogen functional groups attached to an aromatic ring is 1. The fourth-order valence-corrected chi connectivity index (χ4v) is 2.78. The fraction of sp³-hybridized carbons (Fsp3) is 0.111. The maximum atomic E-state index is 12.6. The summed E-state index contributed by atoms with van der Waals surface area (Å²) >= 11 is 3.31. The lowest BCUT2D eigenvalue weighted by molar-refractivity contribution is 0.154. The van der Waals surface area contributed by atoms with Crippen molar-refractivity contribution in [3.63, 3.8) is 0 Å². The number of fused-ring (bicyclic) bond motifs is 1. The molecule has 1 aromatic carbocycles. The van der Waals surface area contributed by atoms with E-state index >= 15 is 0 Å². The number of hydrogen-bond donors (Lipinski definition) is 1. The number of anilines is 1. The fourth-order valence-electron chi connectivity index (χ4n) is 1.33. The Morgan fingerprint density at radius 1 is 1.36 bits per heavy atom. The molecule has 0 unspecified atom stereocenters. The second-order valence-corrected chi connectivity index (χ2v) is 5.15. The summed E-state index contributed by atoms with van der Waals surface area (Å²) in [6.07, 6.45) is -2.50. The van der Waals surface area contributed by atoms with E-state index in [0.29, 0.717) is 5.39 Å². The summed E-state index contributed by atoms with van der Waals surface area (Å²) in [6.45, 7) is 0. The molecule has 0 spiro atoms. The molecule has 0 amide bonds. The first kappa shape index (κ1) is 10.1. The molecule has 0 saturated heterocycles. The van der Waals surface area contributed by atoms with Crippen molar-refractivity contribution in [1.29, 1.82) is 0 Å². The van der Waals surface area contributed by atoms with Crippen LogP contribution in [0.2, 0.25) is 0 Å². The zero-order valence-electron chi connectivity index (χ0n) is 6.93. The van der Waals surface area contributed by atoms with Crippen molar-refractivity contribution < 1.29 is 8.78 Å². The van der Waals surface area contributed by atoms with Crippen molar-refractivity contribution in [3.8, 4) is 0 Å². The van der Waals surface area contributed by atoms with E-state index in [9.17, 15) is 8.78 Å². The Balaban J connectivity index is 2.79. The molecule has 0 aliphatic heterocycles. The van der Waals surface area contributed by atoms with E-state index in [1.54, 1.807) is 6.07 Å². The van der Waals surface area contributed by atoms with Crippen LogP contribution in [0.3, 0.4) is 0 Å². The Kier molecular flexibility index (Phi) is 2.61. The summed E-state index contributed by atoms with van der Waals surface area (Å²) in [5.74, 6) is 0. The van der Waals surface area contributed by atoms with Gasteiger partial charge in [0.2, 0.25) is 0 Å². The molecule has 0 aliphatic rings. The molecule has 74 valence electrons. The minimum Gasteiger partial charge on any atom is -0.390 e. The predicted molar refractivity (Wildman–Crippen MR) is 63.9 cm³/mol. The van der Waals surface area contributed by atoms with Gasteiger partial charge in [-0.05, 0) is 40.8 Å². The van der Waals surface area contributed by atoms with Gasteiger partial charge in [0.25, 0.3) is 6.43 Å². The molecule has 2 rings (SSSR count). The minimum absolute atomic E-state index is 0.0245. The lowest BCUT2D eigenvalue weighted by atomic mass is 10.2. The van der Waals surface area contributed by atoms with E-state index in [1.807, 2.05) is 12.1 Å². The molecule has 0 bridgehead atoms. The molecule has 2 aromatic rings. The van der Waals surface area contributed by atoms with Crippen LogP contribution in [-0.2, 0) is 0 Å². The number of nitrogens with two attached hydrogens (primary N) is 1. The molecule has 1 nitrogen and oxygen atoms in total. The van der Waals surface area contributed by atoms with Gasteiger partial charge in [0, 0.05) is 13.7 Å². The largest absolute Gasteiger partial charge is 0.390 e. The molecule has 0 aliphatic carbocycles. The van der Waals surface area contributed by atoms with Crippen LogP contribution in [0.1, 0.15) is 12.0 Å². The summed E-state index contributed by atoms with van der Waals surface area (Å²) in [7, 11) is 0. The van der Waals surface area contributed by atoms with Gasteiger partial charge in [-0.15, -0.1) is 11.3 Å². The Hall–Kier alpha value is -0.430. The SMILES string of the molecule is Nc1sc2ccc(I)cc2c1C(F)F. The summed E-state index contributed by atoms with van der Waals surface area (Å²) in [6, 6.07) is 5.45. The number of alkyl halides is 2. The topological polar surface area (TPSA) is 26.0 Å². The summed E-state index contributed by atoms with van der Waals surface area (Å²) in [5, 5.41) is 0.798. The standard InChI is InChI=1S/C9H6F2INS/c10-8(11)7-5-3-4(12)1-2-6(5)14-9(7)13/h1-3,8H,13H2. The first-order valence-electron chi connectivity index (χ1n) is 3.85. The highest BCUT2D eigenvalue weighted by molar-refractivity contribution is 14.1. The zero-order chi connectivity index (χ0) is 10.3. The van der Waals surface area contributed by atoms with Gasteiger partial charge in [0.05, 0.1) is 10.6 Å². The highest BCUT2D eigenvalue weighted by Gasteiger charge is 2.18. The van der Waals surface area contributed by atoms with Crippen LogP contribution in [0, 0.1) is 3.57 Å². The van der Waals surface area contributed by atoms with E-state index in [-0.39, 0.29) is 10.6 Å². The third kappa shape index (κ3) is 1.58. The Bertz CT molecular complexity index is 481. The Morgan fingerprint density at radius 2 is 2.07 bits per heavy atom. The van der Waals surface area contributed by atoms with Gasteiger partial charge < -0.3 is 5.73 Å². The van der Waals surface area contributed by atoms with Crippen LogP contribution < -0.4 is 5.73 Å². The van der Waals surface area contributed by atoms with Crippen molar-refractivity contribution in [1.82, 2.24) is 0 Å². The van der Waals surface area contributed by atoms with Crippen LogP contribution in [0.25, 0.3) is 10.1 Å². The van der Waals surface area contributed by atoms with E-state index in [4.69, 9.17) is 5.73 Å². The van der Waals surface area contributed by atoms with Crippen molar-refractivity contribution in [2.45, 2.75) is 6.43 Å². The van der Waals surface area contributed by atoms with E-state index in [0.717, 1.165) is 8.27 Å². The zero-order valence-corrected chi connectivity index (χ0v) is 9.90. The highest BCUT2D eigenvalue weighted by Crippen LogP contribution is 2.39. The maximum absolute atomic E-state index is 12.6. The number of halogens is 3. The number of benzene rings is 1. The lowest BCUT2D eigenvalue weighted by Crippen LogP contribution is -1.89. The minimum atomic E-state index is -2.50. The van der Waals surface area contributed by atoms with E-state index < -0.39 is 6.43 Å². The number of hydrogen-bond acceptors (Lipinski definition) is 2. The quantitative estimate of drug-likeness (QED) is 0.787.